The van der Waals surface area contributed by atoms with Crippen LogP contribution >= 0.6 is 0 Å². The first kappa shape index (κ1) is 16.3. The van der Waals surface area contributed by atoms with Gasteiger partial charge in [-0.2, -0.15) is 0 Å². The zero-order valence-electron chi connectivity index (χ0n) is 11.7. The maximum Gasteiger partial charge on any atom is 0.289 e. The van der Waals surface area contributed by atoms with Gasteiger partial charge in [0.15, 0.2) is 4.90 Å². The van der Waals surface area contributed by atoms with E-state index >= 15 is 0 Å². The lowest BCUT2D eigenvalue weighted by molar-refractivity contribution is -0.387. The van der Waals surface area contributed by atoms with Crippen molar-refractivity contribution in [3.63, 3.8) is 0 Å². The number of nitro groups is 1. The fourth-order valence-electron chi connectivity index (χ4n) is 2.10. The predicted molar refractivity (Wildman–Crippen MR) is 77.7 cm³/mol. The van der Waals surface area contributed by atoms with E-state index in [-0.39, 0.29) is 5.91 Å². The molecule has 0 aliphatic carbocycles. The fourth-order valence-corrected chi connectivity index (χ4v) is 3.24. The van der Waals surface area contributed by atoms with Crippen LogP contribution in [0.15, 0.2) is 29.2 Å². The molecule has 0 spiro atoms. The zero-order chi connectivity index (χ0) is 16.2. The van der Waals surface area contributed by atoms with Gasteiger partial charge < -0.3 is 10.2 Å². The van der Waals surface area contributed by atoms with Gasteiger partial charge in [0.25, 0.3) is 5.69 Å². The quantitative estimate of drug-likeness (QED) is 0.545. The monoisotopic (exact) mass is 328 g/mol. The number of nitro benzene ring substituents is 1. The van der Waals surface area contributed by atoms with Gasteiger partial charge in [-0.1, -0.05) is 12.1 Å². The van der Waals surface area contributed by atoms with Crippen LogP contribution in [0, 0.1) is 10.1 Å². The zero-order valence-corrected chi connectivity index (χ0v) is 12.5. The maximum absolute atomic E-state index is 12.1. The van der Waals surface area contributed by atoms with Gasteiger partial charge in [-0.15, -0.1) is 0 Å². The summed E-state index contributed by atoms with van der Waals surface area (Å²) in [6, 6.07) is 5.01. The average Bonchev–Trinajstić information content (AvgIpc) is 2.53. The van der Waals surface area contributed by atoms with Crippen molar-refractivity contribution >= 4 is 21.6 Å². The molecule has 0 bridgehead atoms. The van der Waals surface area contributed by atoms with Crippen LogP contribution < -0.4 is 10.0 Å². The van der Waals surface area contributed by atoms with Crippen LogP contribution in [-0.2, 0) is 14.8 Å². The second-order valence-electron chi connectivity index (χ2n) is 4.68. The molecular weight excluding hydrogens is 312 g/mol. The highest BCUT2D eigenvalue weighted by molar-refractivity contribution is 7.89. The lowest BCUT2D eigenvalue weighted by Gasteiger charge is -2.27. The summed E-state index contributed by atoms with van der Waals surface area (Å²) in [5.74, 6) is -0.358. The predicted octanol–water partition coefficient (Wildman–Crippen LogP) is -0.695. The van der Waals surface area contributed by atoms with Crippen LogP contribution in [0.3, 0.4) is 0 Å². The van der Waals surface area contributed by atoms with Gasteiger partial charge >= 0.3 is 0 Å². The van der Waals surface area contributed by atoms with Gasteiger partial charge in [0.2, 0.25) is 15.9 Å². The second kappa shape index (κ2) is 6.81. The molecule has 1 saturated heterocycles. The van der Waals surface area contributed by atoms with Gasteiger partial charge in [-0.3, -0.25) is 14.9 Å². The molecule has 0 atom stereocenters. The largest absolute Gasteiger partial charge is 0.339 e. The molecular formula is C12H16N4O5S. The molecule has 0 aromatic heterocycles. The van der Waals surface area contributed by atoms with E-state index in [0.717, 1.165) is 12.1 Å². The van der Waals surface area contributed by atoms with Crippen molar-refractivity contribution in [2.45, 2.75) is 4.90 Å². The average molecular weight is 328 g/mol. The van der Waals surface area contributed by atoms with E-state index in [1.54, 1.807) is 4.90 Å². The first-order valence-electron chi connectivity index (χ1n) is 6.63. The number of benzene rings is 1. The van der Waals surface area contributed by atoms with Crippen LogP contribution in [0.5, 0.6) is 0 Å². The minimum absolute atomic E-state index is 0.358. The van der Waals surface area contributed by atoms with Crippen LogP contribution in [0.4, 0.5) is 5.69 Å². The Morgan fingerprint density at radius 3 is 2.59 bits per heavy atom. The Bertz CT molecular complexity index is 670. The van der Waals surface area contributed by atoms with Crippen molar-refractivity contribution in [1.29, 1.82) is 0 Å². The molecule has 0 radical (unpaired) electrons. The number of nitrogens with zero attached hydrogens (tertiary/aromatic N) is 2. The fraction of sp³-hybridized carbons (Fsp3) is 0.417. The molecule has 1 aromatic carbocycles. The van der Waals surface area contributed by atoms with E-state index in [9.17, 15) is 23.3 Å². The van der Waals surface area contributed by atoms with Crippen LogP contribution in [-0.4, -0.2) is 56.9 Å². The summed E-state index contributed by atoms with van der Waals surface area (Å²) >= 11 is 0. The van der Waals surface area contributed by atoms with Crippen molar-refractivity contribution in [3.8, 4) is 0 Å². The highest BCUT2D eigenvalue weighted by atomic mass is 32.2. The molecule has 120 valence electrons. The van der Waals surface area contributed by atoms with E-state index in [1.807, 2.05) is 0 Å². The highest BCUT2D eigenvalue weighted by Gasteiger charge is 2.26. The molecule has 1 aromatic rings. The molecule has 1 aliphatic rings. The van der Waals surface area contributed by atoms with Gasteiger partial charge in [0, 0.05) is 32.2 Å². The summed E-state index contributed by atoms with van der Waals surface area (Å²) in [5, 5.41) is 14.0. The molecule has 22 heavy (non-hydrogen) atoms. The number of nitrogens with one attached hydrogen (secondary N) is 2. The normalized spacial score (nSPS) is 15.5. The van der Waals surface area contributed by atoms with Gasteiger partial charge in [-0.05, 0) is 6.07 Å². The van der Waals surface area contributed by atoms with E-state index < -0.39 is 32.1 Å². The number of piperazine rings is 1. The molecule has 1 fully saturated rings. The topological polar surface area (TPSA) is 122 Å². The van der Waals surface area contributed by atoms with Crippen molar-refractivity contribution in [2.24, 2.45) is 0 Å². The van der Waals surface area contributed by atoms with Crippen LogP contribution in [0.25, 0.3) is 0 Å². The molecule has 2 N–H and O–H groups in total. The molecule has 1 heterocycles. The van der Waals surface area contributed by atoms with Crippen molar-refractivity contribution in [2.75, 3.05) is 32.7 Å². The molecule has 1 aliphatic heterocycles. The van der Waals surface area contributed by atoms with E-state index in [0.29, 0.717) is 26.2 Å². The van der Waals surface area contributed by atoms with Gasteiger partial charge in [0.05, 0.1) is 11.5 Å². The Labute approximate surface area is 127 Å². The maximum atomic E-state index is 12.1. The highest BCUT2D eigenvalue weighted by Crippen LogP contribution is 2.22. The van der Waals surface area contributed by atoms with Crippen molar-refractivity contribution in [3.05, 3.63) is 34.4 Å². The minimum atomic E-state index is -4.12. The standard InChI is InChI=1S/C12H16N4O5S/c17-12(15-7-5-13-6-8-15)9-14-22(20,21)11-4-2-1-3-10(11)16(18)19/h1-4,13-14H,5-9H2. The molecule has 0 saturated carbocycles. The number of hydrogen-bond donors (Lipinski definition) is 2. The van der Waals surface area contributed by atoms with Crippen LogP contribution in [0.2, 0.25) is 0 Å². The number of para-hydroxylation sites is 1. The lowest BCUT2D eigenvalue weighted by Crippen LogP contribution is -2.49. The SMILES string of the molecule is O=C(CNS(=O)(=O)c1ccccc1[N+](=O)[O-])N1CCNCC1. The molecule has 9 nitrogen and oxygen atoms in total. The summed E-state index contributed by atoms with van der Waals surface area (Å²) in [4.78, 5) is 23.1. The lowest BCUT2D eigenvalue weighted by atomic mass is 10.3. The third-order valence-corrected chi connectivity index (χ3v) is 4.68. The summed E-state index contributed by atoms with van der Waals surface area (Å²) in [6.45, 7) is 1.90. The summed E-state index contributed by atoms with van der Waals surface area (Å²) in [6.07, 6.45) is 0. The van der Waals surface area contributed by atoms with E-state index in [4.69, 9.17) is 0 Å². The van der Waals surface area contributed by atoms with Gasteiger partial charge in [0.1, 0.15) is 0 Å². The first-order valence-corrected chi connectivity index (χ1v) is 8.12. The molecule has 10 heteroatoms. The van der Waals surface area contributed by atoms with Crippen molar-refractivity contribution < 1.29 is 18.1 Å². The number of amides is 1. The number of carbonyl (C=O) groups is 1. The minimum Gasteiger partial charge on any atom is -0.339 e. The summed E-state index contributed by atoms with van der Waals surface area (Å²) in [5.41, 5.74) is -0.523. The third kappa shape index (κ3) is 3.78. The number of sulfonamides is 1. The Balaban J connectivity index is 2.08. The van der Waals surface area contributed by atoms with Crippen LogP contribution in [0.1, 0.15) is 0 Å². The Morgan fingerprint density at radius 1 is 1.32 bits per heavy atom. The number of hydrogen-bond acceptors (Lipinski definition) is 6. The third-order valence-electron chi connectivity index (χ3n) is 3.23. The Hall–Kier alpha value is -2.04. The molecule has 2 rings (SSSR count). The molecule has 0 unspecified atom stereocenters. The van der Waals surface area contributed by atoms with E-state index in [2.05, 4.69) is 10.0 Å². The van der Waals surface area contributed by atoms with E-state index in [1.165, 1.54) is 12.1 Å². The molecule has 1 amide bonds. The summed E-state index contributed by atoms with van der Waals surface area (Å²) in [7, 11) is -4.12. The first-order chi connectivity index (χ1) is 10.4. The van der Waals surface area contributed by atoms with Crippen molar-refractivity contribution in [1.82, 2.24) is 14.9 Å². The number of rotatable bonds is 5. The Kier molecular flexibility index (Phi) is 5.06. The van der Waals surface area contributed by atoms with Gasteiger partial charge in [-0.25, -0.2) is 13.1 Å². The second-order valence-corrected chi connectivity index (χ2v) is 6.42. The number of carbonyl (C=O) groups excluding carboxylic acids is 1. The smallest absolute Gasteiger partial charge is 0.289 e. The Morgan fingerprint density at radius 2 is 1.95 bits per heavy atom. The summed E-state index contributed by atoms with van der Waals surface area (Å²) < 4.78 is 26.4.